The van der Waals surface area contributed by atoms with Gasteiger partial charge >= 0.3 is 0 Å². The average molecular weight is 370 g/mol. The molecule has 7 heteroatoms. The minimum Gasteiger partial charge on any atom is -0.355 e. The molecule has 1 atom stereocenters. The summed E-state index contributed by atoms with van der Waals surface area (Å²) in [7, 11) is 0. The van der Waals surface area contributed by atoms with Crippen LogP contribution in [0.3, 0.4) is 0 Å². The molecule has 24 heavy (non-hydrogen) atoms. The average Bonchev–Trinajstić information content (AvgIpc) is 2.59. The fourth-order valence-electron chi connectivity index (χ4n) is 2.73. The van der Waals surface area contributed by atoms with Gasteiger partial charge in [-0.25, -0.2) is 0 Å². The van der Waals surface area contributed by atoms with Crippen LogP contribution in [0, 0.1) is 5.92 Å². The van der Waals surface area contributed by atoms with Crippen molar-refractivity contribution in [2.45, 2.75) is 18.6 Å². The number of likely N-dealkylation sites (tertiary alicyclic amines) is 1. The Morgan fingerprint density at radius 2 is 2.25 bits per heavy atom. The predicted octanol–water partition coefficient (Wildman–Crippen LogP) is 1.89. The topological polar surface area (TPSA) is 75.4 Å². The van der Waals surface area contributed by atoms with Gasteiger partial charge in [0, 0.05) is 37.0 Å². The number of amides is 2. The number of hydrogen-bond donors (Lipinski definition) is 2. The van der Waals surface area contributed by atoms with Gasteiger partial charge in [0.25, 0.3) is 0 Å². The maximum Gasteiger partial charge on any atom is 0.232 e. The van der Waals surface area contributed by atoms with E-state index in [4.69, 9.17) is 17.3 Å². The van der Waals surface area contributed by atoms with Crippen molar-refractivity contribution in [3.8, 4) is 0 Å². The Hall–Kier alpha value is -1.24. The van der Waals surface area contributed by atoms with Crippen LogP contribution in [0.2, 0.25) is 5.02 Å². The van der Waals surface area contributed by atoms with E-state index >= 15 is 0 Å². The highest BCUT2D eigenvalue weighted by Gasteiger charge is 2.27. The number of carbonyl (C=O) groups excluding carboxylic acids is 2. The van der Waals surface area contributed by atoms with Crippen LogP contribution in [0.4, 0.5) is 0 Å². The minimum absolute atomic E-state index is 0.00419. The number of piperidine rings is 1. The first kappa shape index (κ1) is 19.1. The molecule has 1 aliphatic rings. The van der Waals surface area contributed by atoms with Gasteiger partial charge in [-0.05, 0) is 30.5 Å². The normalized spacial score (nSPS) is 17.6. The molecule has 3 N–H and O–H groups in total. The standard InChI is InChI=1S/C17H24ClN3O2S/c18-15-5-1-3-13(9-15)11-24-12-16(22)21-8-2-4-14(10-21)17(23)20-7-6-19/h1,3,5,9,14H,2,4,6-8,10-12,19H2,(H,20,23). The Balaban J connectivity index is 1.76. The van der Waals surface area contributed by atoms with Gasteiger partial charge in [-0.2, -0.15) is 0 Å². The lowest BCUT2D eigenvalue weighted by Crippen LogP contribution is -2.46. The maximum atomic E-state index is 12.4. The molecular weight excluding hydrogens is 346 g/mol. The highest BCUT2D eigenvalue weighted by molar-refractivity contribution is 7.99. The highest BCUT2D eigenvalue weighted by Crippen LogP contribution is 2.20. The Kier molecular flexibility index (Phi) is 7.88. The van der Waals surface area contributed by atoms with Crippen molar-refractivity contribution in [3.63, 3.8) is 0 Å². The molecule has 0 aromatic heterocycles. The van der Waals surface area contributed by atoms with E-state index in [1.807, 2.05) is 24.3 Å². The van der Waals surface area contributed by atoms with E-state index in [2.05, 4.69) is 5.32 Å². The number of carbonyl (C=O) groups is 2. The summed E-state index contributed by atoms with van der Waals surface area (Å²) in [5.74, 6) is 1.15. The fraction of sp³-hybridized carbons (Fsp3) is 0.529. The van der Waals surface area contributed by atoms with E-state index in [9.17, 15) is 9.59 Å². The number of halogens is 1. The van der Waals surface area contributed by atoms with E-state index in [1.165, 1.54) is 0 Å². The lowest BCUT2D eigenvalue weighted by atomic mass is 9.97. The summed E-state index contributed by atoms with van der Waals surface area (Å²) in [5.41, 5.74) is 6.51. The smallest absolute Gasteiger partial charge is 0.232 e. The number of rotatable bonds is 7. The highest BCUT2D eigenvalue weighted by atomic mass is 35.5. The molecule has 2 rings (SSSR count). The third-order valence-corrected chi connectivity index (χ3v) is 5.20. The van der Waals surface area contributed by atoms with Crippen LogP contribution in [0.1, 0.15) is 18.4 Å². The van der Waals surface area contributed by atoms with Crippen LogP contribution in [-0.4, -0.2) is 48.6 Å². The molecule has 1 aromatic rings. The zero-order valence-electron chi connectivity index (χ0n) is 13.7. The second-order valence-electron chi connectivity index (χ2n) is 5.88. The number of thioether (sulfide) groups is 1. The summed E-state index contributed by atoms with van der Waals surface area (Å²) >= 11 is 7.53. The van der Waals surface area contributed by atoms with Crippen molar-refractivity contribution in [1.29, 1.82) is 0 Å². The summed E-state index contributed by atoms with van der Waals surface area (Å²) in [5, 5.41) is 3.52. The molecule has 1 aromatic carbocycles. The molecule has 1 heterocycles. The van der Waals surface area contributed by atoms with Crippen molar-refractivity contribution >= 4 is 35.2 Å². The monoisotopic (exact) mass is 369 g/mol. The minimum atomic E-state index is -0.118. The summed E-state index contributed by atoms with van der Waals surface area (Å²) in [4.78, 5) is 26.2. The summed E-state index contributed by atoms with van der Waals surface area (Å²) in [6.07, 6.45) is 1.70. The van der Waals surface area contributed by atoms with Crippen LogP contribution in [0.15, 0.2) is 24.3 Å². The van der Waals surface area contributed by atoms with Gasteiger partial charge in [0.1, 0.15) is 0 Å². The van der Waals surface area contributed by atoms with Crippen molar-refractivity contribution in [1.82, 2.24) is 10.2 Å². The van der Waals surface area contributed by atoms with Gasteiger partial charge in [0.2, 0.25) is 11.8 Å². The molecule has 1 unspecified atom stereocenters. The quantitative estimate of drug-likeness (QED) is 0.769. The van der Waals surface area contributed by atoms with E-state index < -0.39 is 0 Å². The van der Waals surface area contributed by atoms with Crippen molar-refractivity contribution < 1.29 is 9.59 Å². The molecule has 0 radical (unpaired) electrons. The summed E-state index contributed by atoms with van der Waals surface area (Å²) in [6.45, 7) is 2.16. The van der Waals surface area contributed by atoms with Crippen LogP contribution >= 0.6 is 23.4 Å². The lowest BCUT2D eigenvalue weighted by molar-refractivity contribution is -0.133. The zero-order chi connectivity index (χ0) is 17.4. The molecule has 1 saturated heterocycles. The molecular formula is C17H24ClN3O2S. The molecule has 0 bridgehead atoms. The Bertz CT molecular complexity index is 571. The molecule has 0 aliphatic carbocycles. The molecule has 132 valence electrons. The zero-order valence-corrected chi connectivity index (χ0v) is 15.2. The predicted molar refractivity (Wildman–Crippen MR) is 99.0 cm³/mol. The molecule has 0 saturated carbocycles. The first-order valence-electron chi connectivity index (χ1n) is 8.18. The van der Waals surface area contributed by atoms with E-state index in [0.29, 0.717) is 30.4 Å². The Morgan fingerprint density at radius 1 is 1.42 bits per heavy atom. The number of benzene rings is 1. The van der Waals surface area contributed by atoms with E-state index in [0.717, 1.165) is 30.7 Å². The van der Waals surface area contributed by atoms with Gasteiger partial charge in [0.15, 0.2) is 0 Å². The van der Waals surface area contributed by atoms with Gasteiger partial charge in [0.05, 0.1) is 11.7 Å². The number of nitrogens with two attached hydrogens (primary N) is 1. The van der Waals surface area contributed by atoms with Crippen LogP contribution in [0.25, 0.3) is 0 Å². The van der Waals surface area contributed by atoms with Crippen molar-refractivity contribution in [3.05, 3.63) is 34.9 Å². The molecule has 2 amide bonds. The van der Waals surface area contributed by atoms with Crippen LogP contribution in [-0.2, 0) is 15.3 Å². The molecule has 0 spiro atoms. The lowest BCUT2D eigenvalue weighted by Gasteiger charge is -2.32. The van der Waals surface area contributed by atoms with Crippen molar-refractivity contribution in [2.24, 2.45) is 11.7 Å². The van der Waals surface area contributed by atoms with E-state index in [-0.39, 0.29) is 17.7 Å². The van der Waals surface area contributed by atoms with E-state index in [1.54, 1.807) is 16.7 Å². The Labute approximate surface area is 152 Å². The Morgan fingerprint density at radius 3 is 3.00 bits per heavy atom. The van der Waals surface area contributed by atoms with Gasteiger partial charge in [-0.1, -0.05) is 23.7 Å². The maximum absolute atomic E-state index is 12.4. The van der Waals surface area contributed by atoms with Gasteiger partial charge in [-0.3, -0.25) is 9.59 Å². The third-order valence-electron chi connectivity index (χ3n) is 3.97. The molecule has 1 fully saturated rings. The molecule has 1 aliphatic heterocycles. The van der Waals surface area contributed by atoms with Gasteiger partial charge < -0.3 is 16.0 Å². The second kappa shape index (κ2) is 9.91. The first-order chi connectivity index (χ1) is 11.6. The van der Waals surface area contributed by atoms with Crippen LogP contribution < -0.4 is 11.1 Å². The van der Waals surface area contributed by atoms with Gasteiger partial charge in [-0.15, -0.1) is 11.8 Å². The first-order valence-corrected chi connectivity index (χ1v) is 9.71. The fourth-order valence-corrected chi connectivity index (χ4v) is 3.82. The number of hydrogen-bond acceptors (Lipinski definition) is 4. The summed E-state index contributed by atoms with van der Waals surface area (Å²) < 4.78 is 0. The number of nitrogens with one attached hydrogen (secondary N) is 1. The summed E-state index contributed by atoms with van der Waals surface area (Å²) in [6, 6.07) is 7.67. The largest absolute Gasteiger partial charge is 0.355 e. The van der Waals surface area contributed by atoms with Crippen molar-refractivity contribution in [2.75, 3.05) is 31.9 Å². The number of nitrogens with zero attached hydrogens (tertiary/aromatic N) is 1. The van der Waals surface area contributed by atoms with Crippen LogP contribution in [0.5, 0.6) is 0 Å². The second-order valence-corrected chi connectivity index (χ2v) is 7.30. The molecule has 5 nitrogen and oxygen atoms in total. The third kappa shape index (κ3) is 6.00. The SMILES string of the molecule is NCCNC(=O)C1CCCN(C(=O)CSCc2cccc(Cl)c2)C1.